The molecule has 2 N–H and O–H groups in total. The standard InChI is InChI=1S/C23H21N3O3/c1-2-28-20-9-5-6-10-21(20)29-15-22(27)24-17-13-11-16(12-14-17)23-25-18-7-3-4-8-19(18)26-23/h3-14H,2,15H2,1H3,(H,24,27)(H,25,26). The van der Waals surface area contributed by atoms with Gasteiger partial charge < -0.3 is 19.8 Å². The molecule has 0 saturated heterocycles. The van der Waals surface area contributed by atoms with Crippen molar-refractivity contribution in [3.05, 3.63) is 72.8 Å². The summed E-state index contributed by atoms with van der Waals surface area (Å²) in [6.07, 6.45) is 0. The number of aromatic amines is 1. The van der Waals surface area contributed by atoms with Gasteiger partial charge in [-0.15, -0.1) is 0 Å². The van der Waals surface area contributed by atoms with Crippen molar-refractivity contribution in [3.8, 4) is 22.9 Å². The van der Waals surface area contributed by atoms with Crippen molar-refractivity contribution in [2.24, 2.45) is 0 Å². The van der Waals surface area contributed by atoms with Crippen molar-refractivity contribution in [2.75, 3.05) is 18.5 Å². The van der Waals surface area contributed by atoms with Crippen molar-refractivity contribution >= 4 is 22.6 Å². The SMILES string of the molecule is CCOc1ccccc1OCC(=O)Nc1ccc(-c2nc3ccccc3[nH]2)cc1. The van der Waals surface area contributed by atoms with Gasteiger partial charge in [0, 0.05) is 11.3 Å². The Morgan fingerprint density at radius 2 is 1.62 bits per heavy atom. The monoisotopic (exact) mass is 387 g/mol. The number of nitrogens with zero attached hydrogens (tertiary/aromatic N) is 1. The second kappa shape index (κ2) is 8.48. The summed E-state index contributed by atoms with van der Waals surface area (Å²) < 4.78 is 11.1. The first kappa shape index (κ1) is 18.6. The summed E-state index contributed by atoms with van der Waals surface area (Å²) in [5, 5.41) is 2.83. The van der Waals surface area contributed by atoms with Crippen molar-refractivity contribution < 1.29 is 14.3 Å². The normalized spacial score (nSPS) is 10.7. The highest BCUT2D eigenvalue weighted by Crippen LogP contribution is 2.26. The number of H-pyrrole nitrogens is 1. The number of imidazole rings is 1. The van der Waals surface area contributed by atoms with Crippen LogP contribution in [0.25, 0.3) is 22.4 Å². The van der Waals surface area contributed by atoms with E-state index in [0.29, 0.717) is 23.8 Å². The Bertz CT molecular complexity index is 1090. The molecule has 0 atom stereocenters. The van der Waals surface area contributed by atoms with Gasteiger partial charge in [0.1, 0.15) is 5.82 Å². The van der Waals surface area contributed by atoms with Crippen molar-refractivity contribution in [1.29, 1.82) is 0 Å². The highest BCUT2D eigenvalue weighted by Gasteiger charge is 2.09. The molecule has 29 heavy (non-hydrogen) atoms. The Kier molecular flexibility index (Phi) is 5.42. The van der Waals surface area contributed by atoms with Gasteiger partial charge in [0.05, 0.1) is 17.6 Å². The smallest absolute Gasteiger partial charge is 0.262 e. The van der Waals surface area contributed by atoms with E-state index in [-0.39, 0.29) is 12.5 Å². The van der Waals surface area contributed by atoms with Crippen LogP contribution < -0.4 is 14.8 Å². The Morgan fingerprint density at radius 1 is 0.931 bits per heavy atom. The number of carbonyl (C=O) groups excluding carboxylic acids is 1. The zero-order valence-corrected chi connectivity index (χ0v) is 16.0. The minimum Gasteiger partial charge on any atom is -0.490 e. The molecule has 0 aliphatic rings. The molecule has 0 spiro atoms. The lowest BCUT2D eigenvalue weighted by Gasteiger charge is -2.11. The van der Waals surface area contributed by atoms with Gasteiger partial charge in [0.2, 0.25) is 0 Å². The zero-order valence-electron chi connectivity index (χ0n) is 16.0. The number of aromatic nitrogens is 2. The van der Waals surface area contributed by atoms with Crippen LogP contribution in [-0.2, 0) is 4.79 Å². The molecular weight excluding hydrogens is 366 g/mol. The summed E-state index contributed by atoms with van der Waals surface area (Å²) in [6, 6.07) is 22.7. The summed E-state index contributed by atoms with van der Waals surface area (Å²) in [5.41, 5.74) is 3.55. The van der Waals surface area contributed by atoms with Crippen LogP contribution in [0.4, 0.5) is 5.69 Å². The van der Waals surface area contributed by atoms with Gasteiger partial charge in [0.25, 0.3) is 5.91 Å². The highest BCUT2D eigenvalue weighted by molar-refractivity contribution is 5.92. The number of nitrogens with one attached hydrogen (secondary N) is 2. The number of hydrogen-bond donors (Lipinski definition) is 2. The van der Waals surface area contributed by atoms with Gasteiger partial charge in [-0.2, -0.15) is 0 Å². The van der Waals surface area contributed by atoms with Crippen LogP contribution in [0, 0.1) is 0 Å². The largest absolute Gasteiger partial charge is 0.490 e. The van der Waals surface area contributed by atoms with Gasteiger partial charge in [-0.05, 0) is 55.5 Å². The topological polar surface area (TPSA) is 76.2 Å². The Hall–Kier alpha value is -3.80. The van der Waals surface area contributed by atoms with E-state index >= 15 is 0 Å². The maximum absolute atomic E-state index is 12.2. The molecule has 3 aromatic carbocycles. The number of carbonyl (C=O) groups is 1. The number of amides is 1. The first-order valence-corrected chi connectivity index (χ1v) is 9.42. The summed E-state index contributed by atoms with van der Waals surface area (Å²) >= 11 is 0. The molecule has 0 fully saturated rings. The number of ether oxygens (including phenoxy) is 2. The van der Waals surface area contributed by atoms with Crippen LogP contribution in [0.3, 0.4) is 0 Å². The molecule has 0 unspecified atom stereocenters. The van der Waals surface area contributed by atoms with Crippen LogP contribution in [0.5, 0.6) is 11.5 Å². The zero-order chi connectivity index (χ0) is 20.1. The number of anilines is 1. The van der Waals surface area contributed by atoms with Gasteiger partial charge >= 0.3 is 0 Å². The fraction of sp³-hybridized carbons (Fsp3) is 0.130. The maximum atomic E-state index is 12.2. The van der Waals surface area contributed by atoms with Crippen LogP contribution in [0.2, 0.25) is 0 Å². The molecule has 4 aromatic rings. The van der Waals surface area contributed by atoms with Gasteiger partial charge in [-0.1, -0.05) is 24.3 Å². The van der Waals surface area contributed by atoms with Crippen molar-refractivity contribution in [3.63, 3.8) is 0 Å². The first-order chi connectivity index (χ1) is 14.2. The molecule has 1 aromatic heterocycles. The molecular formula is C23H21N3O3. The van der Waals surface area contributed by atoms with Crippen LogP contribution in [0.15, 0.2) is 72.8 Å². The molecule has 1 amide bonds. The Balaban J connectivity index is 1.38. The van der Waals surface area contributed by atoms with Gasteiger partial charge in [-0.25, -0.2) is 4.98 Å². The third-order valence-electron chi connectivity index (χ3n) is 4.34. The lowest BCUT2D eigenvalue weighted by Crippen LogP contribution is -2.20. The summed E-state index contributed by atoms with van der Waals surface area (Å²) in [7, 11) is 0. The number of rotatable bonds is 7. The molecule has 146 valence electrons. The third-order valence-corrected chi connectivity index (χ3v) is 4.34. The van der Waals surface area contributed by atoms with E-state index in [1.165, 1.54) is 0 Å². The lowest BCUT2D eigenvalue weighted by molar-refractivity contribution is -0.118. The minimum absolute atomic E-state index is 0.102. The average molecular weight is 387 g/mol. The number of benzene rings is 3. The van der Waals surface area contributed by atoms with E-state index in [0.717, 1.165) is 22.4 Å². The third kappa shape index (κ3) is 4.38. The molecule has 0 aliphatic carbocycles. The fourth-order valence-electron chi connectivity index (χ4n) is 2.99. The molecule has 0 saturated carbocycles. The summed E-state index contributed by atoms with van der Waals surface area (Å²) in [6.45, 7) is 2.33. The molecule has 0 radical (unpaired) electrons. The van der Waals surface area contributed by atoms with Gasteiger partial charge in [0.15, 0.2) is 18.1 Å². The highest BCUT2D eigenvalue weighted by atomic mass is 16.5. The van der Waals surface area contributed by atoms with Crippen molar-refractivity contribution in [2.45, 2.75) is 6.92 Å². The quantitative estimate of drug-likeness (QED) is 0.484. The molecule has 4 rings (SSSR count). The molecule has 6 heteroatoms. The molecule has 1 heterocycles. The molecule has 6 nitrogen and oxygen atoms in total. The van der Waals surface area contributed by atoms with Crippen LogP contribution in [0.1, 0.15) is 6.92 Å². The Labute approximate surface area is 168 Å². The number of fused-ring (bicyclic) bond motifs is 1. The average Bonchev–Trinajstić information content (AvgIpc) is 3.18. The van der Waals surface area contributed by atoms with E-state index in [1.807, 2.05) is 73.7 Å². The minimum atomic E-state index is -0.243. The summed E-state index contributed by atoms with van der Waals surface area (Å²) in [4.78, 5) is 20.1. The molecule has 0 bridgehead atoms. The van der Waals surface area contributed by atoms with E-state index in [2.05, 4.69) is 15.3 Å². The maximum Gasteiger partial charge on any atom is 0.262 e. The number of hydrogen-bond acceptors (Lipinski definition) is 4. The van der Waals surface area contributed by atoms with Crippen LogP contribution in [-0.4, -0.2) is 29.1 Å². The molecule has 0 aliphatic heterocycles. The van der Waals surface area contributed by atoms with Crippen LogP contribution >= 0.6 is 0 Å². The fourth-order valence-corrected chi connectivity index (χ4v) is 2.99. The first-order valence-electron chi connectivity index (χ1n) is 9.42. The Morgan fingerprint density at radius 3 is 2.34 bits per heavy atom. The van der Waals surface area contributed by atoms with E-state index in [4.69, 9.17) is 9.47 Å². The summed E-state index contributed by atoms with van der Waals surface area (Å²) in [5.74, 6) is 1.72. The second-order valence-electron chi connectivity index (χ2n) is 6.40. The van der Waals surface area contributed by atoms with Gasteiger partial charge in [-0.3, -0.25) is 4.79 Å². The van der Waals surface area contributed by atoms with E-state index in [9.17, 15) is 4.79 Å². The predicted octanol–water partition coefficient (Wildman–Crippen LogP) is 4.65. The van der Waals surface area contributed by atoms with E-state index in [1.54, 1.807) is 6.07 Å². The second-order valence-corrected chi connectivity index (χ2v) is 6.40. The predicted molar refractivity (Wildman–Crippen MR) is 113 cm³/mol. The number of para-hydroxylation sites is 4. The lowest BCUT2D eigenvalue weighted by atomic mass is 10.2. The van der Waals surface area contributed by atoms with Crippen molar-refractivity contribution in [1.82, 2.24) is 9.97 Å². The van der Waals surface area contributed by atoms with E-state index < -0.39 is 0 Å².